The first-order valence-electron chi connectivity index (χ1n) is 7.45. The number of H-pyrrole nitrogens is 1. The van der Waals surface area contributed by atoms with E-state index in [0.29, 0.717) is 10.9 Å². The molecule has 0 aliphatic carbocycles. The summed E-state index contributed by atoms with van der Waals surface area (Å²) >= 11 is 0. The number of carbonyl (C=O) groups is 3. The molecule has 3 rings (SSSR count). The third-order valence-electron chi connectivity index (χ3n) is 3.67. The Morgan fingerprint density at radius 2 is 1.85 bits per heavy atom. The van der Waals surface area contributed by atoms with E-state index >= 15 is 0 Å². The molecular weight excluding hydrogens is 340 g/mol. The van der Waals surface area contributed by atoms with Crippen molar-refractivity contribution in [2.45, 2.75) is 0 Å². The molecule has 0 unspecified atom stereocenters. The molecule has 0 radical (unpaired) electrons. The highest BCUT2D eigenvalue weighted by atomic mass is 16.5. The number of hydrogen-bond donors (Lipinski definition) is 2. The molecule has 0 saturated carbocycles. The molecule has 0 aliphatic heterocycles. The van der Waals surface area contributed by atoms with E-state index in [2.05, 4.69) is 25.2 Å². The molecule has 9 nitrogen and oxygen atoms in total. The molecule has 2 N–H and O–H groups in total. The molecule has 132 valence electrons. The van der Waals surface area contributed by atoms with E-state index in [1.165, 1.54) is 38.6 Å². The summed E-state index contributed by atoms with van der Waals surface area (Å²) in [5.41, 5.74) is 1.11. The Morgan fingerprint density at radius 3 is 2.58 bits per heavy atom. The standard InChI is InChI=1S/C17H14N4O5/c1-25-16(23)9-3-4-10(17(24)26-2)13(7-9)19-15(22)14-11-8-18-6-5-12(11)20-21-14/h3-8H,1-2H3,(H,19,22)(H,20,21). The maximum Gasteiger partial charge on any atom is 0.339 e. The lowest BCUT2D eigenvalue weighted by Crippen LogP contribution is -2.17. The molecule has 9 heteroatoms. The largest absolute Gasteiger partial charge is 0.465 e. The number of esters is 2. The number of aromatic amines is 1. The molecular formula is C17H14N4O5. The first kappa shape index (κ1) is 17.1. The van der Waals surface area contributed by atoms with Gasteiger partial charge in [-0.3, -0.25) is 14.9 Å². The zero-order chi connectivity index (χ0) is 18.7. The smallest absolute Gasteiger partial charge is 0.339 e. The number of carbonyl (C=O) groups excluding carboxylic acids is 3. The van der Waals surface area contributed by atoms with Gasteiger partial charge in [0.2, 0.25) is 0 Å². The molecule has 0 saturated heterocycles. The van der Waals surface area contributed by atoms with Crippen LogP contribution < -0.4 is 5.32 Å². The highest BCUT2D eigenvalue weighted by Gasteiger charge is 2.20. The van der Waals surface area contributed by atoms with Gasteiger partial charge in [-0.15, -0.1) is 0 Å². The van der Waals surface area contributed by atoms with Gasteiger partial charge in [0, 0.05) is 12.4 Å². The highest BCUT2D eigenvalue weighted by Crippen LogP contribution is 2.22. The molecule has 0 spiro atoms. The lowest BCUT2D eigenvalue weighted by molar-refractivity contribution is 0.0587. The van der Waals surface area contributed by atoms with Gasteiger partial charge >= 0.3 is 11.9 Å². The van der Waals surface area contributed by atoms with Crippen LogP contribution in [0.2, 0.25) is 0 Å². The van der Waals surface area contributed by atoms with Crippen molar-refractivity contribution in [3.8, 4) is 0 Å². The van der Waals surface area contributed by atoms with E-state index in [0.717, 1.165) is 0 Å². The van der Waals surface area contributed by atoms with Crippen LogP contribution in [0.1, 0.15) is 31.2 Å². The Balaban J connectivity index is 2.00. The summed E-state index contributed by atoms with van der Waals surface area (Å²) in [7, 11) is 2.45. The average Bonchev–Trinajstić information content (AvgIpc) is 3.11. The summed E-state index contributed by atoms with van der Waals surface area (Å²) in [6.07, 6.45) is 3.07. The number of fused-ring (bicyclic) bond motifs is 1. The second kappa shape index (κ2) is 7.01. The number of ether oxygens (including phenoxy) is 2. The molecule has 1 amide bonds. The predicted octanol–water partition coefficient (Wildman–Crippen LogP) is 1.78. The van der Waals surface area contributed by atoms with Gasteiger partial charge in [0.1, 0.15) is 0 Å². The highest BCUT2D eigenvalue weighted by molar-refractivity contribution is 6.13. The van der Waals surface area contributed by atoms with E-state index in [9.17, 15) is 14.4 Å². The van der Waals surface area contributed by atoms with Crippen molar-refractivity contribution >= 4 is 34.4 Å². The Morgan fingerprint density at radius 1 is 1.08 bits per heavy atom. The number of amides is 1. The lowest BCUT2D eigenvalue weighted by atomic mass is 10.1. The number of pyridine rings is 1. The van der Waals surface area contributed by atoms with Gasteiger partial charge < -0.3 is 14.8 Å². The van der Waals surface area contributed by atoms with Crippen LogP contribution in [-0.2, 0) is 9.47 Å². The van der Waals surface area contributed by atoms with Crippen LogP contribution in [0.5, 0.6) is 0 Å². The Bertz CT molecular complexity index is 1010. The number of aromatic nitrogens is 3. The third-order valence-corrected chi connectivity index (χ3v) is 3.67. The first-order valence-corrected chi connectivity index (χ1v) is 7.45. The van der Waals surface area contributed by atoms with E-state index in [-0.39, 0.29) is 22.5 Å². The molecule has 0 bridgehead atoms. The SMILES string of the molecule is COC(=O)c1ccc(C(=O)OC)c(NC(=O)c2n[nH]c3ccncc23)c1. The number of nitrogens with one attached hydrogen (secondary N) is 2. The number of nitrogens with zero attached hydrogens (tertiary/aromatic N) is 2. The number of anilines is 1. The Hall–Kier alpha value is -3.75. The minimum absolute atomic E-state index is 0.0893. The van der Waals surface area contributed by atoms with Crippen molar-refractivity contribution in [2.75, 3.05) is 19.5 Å². The van der Waals surface area contributed by atoms with Gasteiger partial charge in [0.05, 0.1) is 41.9 Å². The van der Waals surface area contributed by atoms with Crippen LogP contribution >= 0.6 is 0 Å². The van der Waals surface area contributed by atoms with Crippen molar-refractivity contribution in [3.63, 3.8) is 0 Å². The lowest BCUT2D eigenvalue weighted by Gasteiger charge is -2.10. The number of hydrogen-bond acceptors (Lipinski definition) is 7. The molecule has 0 atom stereocenters. The fourth-order valence-electron chi connectivity index (χ4n) is 2.39. The van der Waals surface area contributed by atoms with E-state index in [1.54, 1.807) is 12.3 Å². The third kappa shape index (κ3) is 3.09. The van der Waals surface area contributed by atoms with Gasteiger partial charge in [-0.1, -0.05) is 0 Å². The monoisotopic (exact) mass is 354 g/mol. The summed E-state index contributed by atoms with van der Waals surface area (Å²) < 4.78 is 9.37. The zero-order valence-electron chi connectivity index (χ0n) is 13.9. The minimum atomic E-state index is -0.662. The number of methoxy groups -OCH3 is 2. The van der Waals surface area contributed by atoms with Crippen LogP contribution in [0, 0.1) is 0 Å². The average molecular weight is 354 g/mol. The second-order valence-corrected chi connectivity index (χ2v) is 5.19. The fourth-order valence-corrected chi connectivity index (χ4v) is 2.39. The Kier molecular flexibility index (Phi) is 4.61. The van der Waals surface area contributed by atoms with Crippen molar-refractivity contribution < 1.29 is 23.9 Å². The molecule has 2 aromatic heterocycles. The normalized spacial score (nSPS) is 10.4. The van der Waals surface area contributed by atoms with Gasteiger partial charge in [-0.2, -0.15) is 5.10 Å². The molecule has 3 aromatic rings. The maximum absolute atomic E-state index is 12.6. The molecule has 0 fully saturated rings. The van der Waals surface area contributed by atoms with Crippen molar-refractivity contribution in [2.24, 2.45) is 0 Å². The summed E-state index contributed by atoms with van der Waals surface area (Å²) in [5, 5.41) is 9.80. The van der Waals surface area contributed by atoms with Gasteiger partial charge in [-0.05, 0) is 24.3 Å². The summed E-state index contributed by atoms with van der Waals surface area (Å²) in [5.74, 6) is -1.84. The summed E-state index contributed by atoms with van der Waals surface area (Å²) in [6.45, 7) is 0. The van der Waals surface area contributed by atoms with Crippen molar-refractivity contribution in [1.29, 1.82) is 0 Å². The van der Waals surface area contributed by atoms with Crippen LogP contribution in [0.3, 0.4) is 0 Å². The van der Waals surface area contributed by atoms with Gasteiger partial charge in [-0.25, -0.2) is 9.59 Å². The summed E-state index contributed by atoms with van der Waals surface area (Å²) in [6, 6.07) is 5.79. The van der Waals surface area contributed by atoms with Gasteiger partial charge in [0.25, 0.3) is 5.91 Å². The number of rotatable bonds is 4. The fraction of sp³-hybridized carbons (Fsp3) is 0.118. The summed E-state index contributed by atoms with van der Waals surface area (Å²) in [4.78, 5) is 40.3. The Labute approximate surface area is 147 Å². The van der Waals surface area contributed by atoms with Crippen molar-refractivity contribution in [1.82, 2.24) is 15.2 Å². The van der Waals surface area contributed by atoms with Crippen LogP contribution in [0.4, 0.5) is 5.69 Å². The first-order chi connectivity index (χ1) is 12.5. The minimum Gasteiger partial charge on any atom is -0.465 e. The molecule has 2 heterocycles. The van der Waals surface area contributed by atoms with Crippen LogP contribution in [0.15, 0.2) is 36.7 Å². The van der Waals surface area contributed by atoms with Crippen LogP contribution in [0.25, 0.3) is 10.9 Å². The predicted molar refractivity (Wildman–Crippen MR) is 91.0 cm³/mol. The maximum atomic E-state index is 12.6. The molecule has 0 aliphatic rings. The van der Waals surface area contributed by atoms with E-state index < -0.39 is 17.8 Å². The number of benzene rings is 1. The quantitative estimate of drug-likeness (QED) is 0.685. The van der Waals surface area contributed by atoms with E-state index in [1.807, 2.05) is 0 Å². The van der Waals surface area contributed by atoms with E-state index in [4.69, 9.17) is 4.74 Å². The molecule has 26 heavy (non-hydrogen) atoms. The zero-order valence-corrected chi connectivity index (χ0v) is 13.9. The second-order valence-electron chi connectivity index (χ2n) is 5.19. The van der Waals surface area contributed by atoms with Crippen LogP contribution in [-0.4, -0.2) is 47.2 Å². The van der Waals surface area contributed by atoms with Gasteiger partial charge in [0.15, 0.2) is 5.69 Å². The van der Waals surface area contributed by atoms with Crippen molar-refractivity contribution in [3.05, 3.63) is 53.5 Å². The topological polar surface area (TPSA) is 123 Å². The molecule has 1 aromatic carbocycles.